The number of methoxy groups -OCH3 is 1. The molecular weight excluding hydrogens is 473 g/mol. The van der Waals surface area contributed by atoms with Crippen molar-refractivity contribution < 1.29 is 22.7 Å². The van der Waals surface area contributed by atoms with Crippen molar-refractivity contribution >= 4 is 17.3 Å². The number of likely N-dealkylation sites (tertiary alicyclic amines) is 1. The fraction of sp³-hybridized carbons (Fsp3) is 0.560. The molecule has 8 nitrogen and oxygen atoms in total. The van der Waals surface area contributed by atoms with Crippen LogP contribution in [0.5, 0.6) is 5.88 Å². The number of alkyl halides is 3. The molecule has 2 fully saturated rings. The normalized spacial score (nSPS) is 17.4. The Balaban J connectivity index is 0.00000361. The first-order valence-corrected chi connectivity index (χ1v) is 11.9. The lowest BCUT2D eigenvalue weighted by atomic mass is 10.0. The summed E-state index contributed by atoms with van der Waals surface area (Å²) in [4.78, 5) is 26.8. The van der Waals surface area contributed by atoms with Gasteiger partial charge in [0.25, 0.3) is 0 Å². The van der Waals surface area contributed by atoms with Crippen LogP contribution in [0, 0.1) is 0 Å². The van der Waals surface area contributed by atoms with E-state index in [-0.39, 0.29) is 19.4 Å². The van der Waals surface area contributed by atoms with Gasteiger partial charge in [0, 0.05) is 76.2 Å². The fourth-order valence-electron chi connectivity index (χ4n) is 4.51. The van der Waals surface area contributed by atoms with Crippen molar-refractivity contribution in [2.45, 2.75) is 38.9 Å². The van der Waals surface area contributed by atoms with Gasteiger partial charge in [-0.3, -0.25) is 14.7 Å². The van der Waals surface area contributed by atoms with Crippen molar-refractivity contribution in [1.29, 1.82) is 0 Å². The molecule has 2 aliphatic heterocycles. The molecule has 0 radical (unpaired) electrons. The zero-order valence-electron chi connectivity index (χ0n) is 19.8. The molecule has 0 unspecified atom stereocenters. The number of aromatic nitrogens is 2. The lowest BCUT2D eigenvalue weighted by Crippen LogP contribution is -2.48. The van der Waals surface area contributed by atoms with E-state index in [2.05, 4.69) is 25.1 Å². The quantitative estimate of drug-likeness (QED) is 0.611. The number of ether oxygens (including phenoxy) is 1. The first-order valence-electron chi connectivity index (χ1n) is 11.9. The van der Waals surface area contributed by atoms with E-state index in [4.69, 9.17) is 4.74 Å². The lowest BCUT2D eigenvalue weighted by molar-refractivity contribution is -0.141. The molecule has 0 atom stereocenters. The van der Waals surface area contributed by atoms with Crippen LogP contribution < -0.4 is 15.0 Å². The van der Waals surface area contributed by atoms with E-state index in [1.807, 2.05) is 23.2 Å². The van der Waals surface area contributed by atoms with E-state index < -0.39 is 11.9 Å². The Hall–Kier alpha value is -3.08. The number of amides is 1. The highest BCUT2D eigenvalue weighted by Crippen LogP contribution is 2.29. The molecule has 2 aromatic heterocycles. The molecule has 4 heterocycles. The van der Waals surface area contributed by atoms with Crippen molar-refractivity contribution in [3.05, 3.63) is 42.4 Å². The summed E-state index contributed by atoms with van der Waals surface area (Å²) in [7, 11) is 1.60. The van der Waals surface area contributed by atoms with Crippen LogP contribution in [0.1, 0.15) is 32.4 Å². The Morgan fingerprint density at radius 3 is 2.42 bits per heavy atom. The molecule has 1 amide bonds. The zero-order valence-corrected chi connectivity index (χ0v) is 19.8. The number of hydrogen-bond donors (Lipinski definition) is 1. The average molecular weight is 509 g/mol. The Morgan fingerprint density at radius 2 is 1.81 bits per heavy atom. The Kier molecular flexibility index (Phi) is 9.36. The van der Waals surface area contributed by atoms with Crippen LogP contribution in [0.4, 0.5) is 24.5 Å². The van der Waals surface area contributed by atoms with Crippen LogP contribution in [-0.4, -0.2) is 84.6 Å². The maximum Gasteiger partial charge on any atom is 0.433 e. The second-order valence-electron chi connectivity index (χ2n) is 8.86. The van der Waals surface area contributed by atoms with Crippen LogP contribution in [-0.2, 0) is 11.0 Å². The topological polar surface area (TPSA) is 73.8 Å². The number of anilines is 2. The van der Waals surface area contributed by atoms with Gasteiger partial charge in [0.2, 0.25) is 11.8 Å². The molecular formula is C25H35F3N6O2. The van der Waals surface area contributed by atoms with Gasteiger partial charge in [-0.15, -0.1) is 0 Å². The van der Waals surface area contributed by atoms with Gasteiger partial charge in [-0.2, -0.15) is 13.2 Å². The Labute approximate surface area is 210 Å². The minimum atomic E-state index is -4.47. The van der Waals surface area contributed by atoms with Gasteiger partial charge < -0.3 is 19.9 Å². The van der Waals surface area contributed by atoms with Crippen LogP contribution in [0.2, 0.25) is 0 Å². The van der Waals surface area contributed by atoms with Crippen LogP contribution in [0.3, 0.4) is 0 Å². The number of nitrogens with zero attached hydrogens (tertiary/aromatic N) is 5. The van der Waals surface area contributed by atoms with Gasteiger partial charge >= 0.3 is 6.18 Å². The molecule has 2 aromatic rings. The van der Waals surface area contributed by atoms with Gasteiger partial charge in [0.1, 0.15) is 5.69 Å². The average Bonchev–Trinajstić information content (AvgIpc) is 2.88. The van der Waals surface area contributed by atoms with E-state index in [0.29, 0.717) is 43.9 Å². The van der Waals surface area contributed by atoms with E-state index >= 15 is 0 Å². The van der Waals surface area contributed by atoms with E-state index in [9.17, 15) is 18.0 Å². The summed E-state index contributed by atoms with van der Waals surface area (Å²) in [6.07, 6.45) is 0.389. The predicted molar refractivity (Wildman–Crippen MR) is 133 cm³/mol. The number of nitrogens with one attached hydrogen (secondary N) is 1. The number of rotatable bonds is 7. The minimum Gasteiger partial charge on any atom is -0.481 e. The first kappa shape index (κ1) is 27.5. The highest BCUT2D eigenvalue weighted by atomic mass is 19.4. The van der Waals surface area contributed by atoms with E-state index in [1.165, 1.54) is 6.07 Å². The number of piperazine rings is 1. The fourth-order valence-corrected chi connectivity index (χ4v) is 4.51. The zero-order chi connectivity index (χ0) is 24.8. The van der Waals surface area contributed by atoms with Gasteiger partial charge in [-0.05, 0) is 31.0 Å². The van der Waals surface area contributed by atoms with Gasteiger partial charge in [-0.25, -0.2) is 4.98 Å². The summed E-state index contributed by atoms with van der Waals surface area (Å²) in [5.41, 5.74) is 0.567. The number of carbonyl (C=O) groups excluding carboxylic acids is 1. The largest absolute Gasteiger partial charge is 0.481 e. The Bertz CT molecular complexity index is 973. The van der Waals surface area contributed by atoms with E-state index in [1.54, 1.807) is 7.11 Å². The summed E-state index contributed by atoms with van der Waals surface area (Å²) < 4.78 is 43.7. The predicted octanol–water partition coefficient (Wildman–Crippen LogP) is 3.76. The molecule has 1 N–H and O–H groups in total. The van der Waals surface area contributed by atoms with Crippen LogP contribution in [0.15, 0.2) is 36.7 Å². The third-order valence-electron chi connectivity index (χ3n) is 6.58. The monoisotopic (exact) mass is 508 g/mol. The van der Waals surface area contributed by atoms with Crippen molar-refractivity contribution in [1.82, 2.24) is 19.8 Å². The molecule has 11 heteroatoms. The molecule has 0 saturated carbocycles. The molecule has 198 valence electrons. The number of halogens is 3. The highest BCUT2D eigenvalue weighted by Gasteiger charge is 2.33. The van der Waals surface area contributed by atoms with Crippen molar-refractivity contribution in [2.24, 2.45) is 0 Å². The molecule has 0 spiro atoms. The summed E-state index contributed by atoms with van der Waals surface area (Å²) in [6.45, 7) is 5.46. The van der Waals surface area contributed by atoms with E-state index in [0.717, 1.165) is 50.7 Å². The number of carbonyl (C=O) groups is 1. The Morgan fingerprint density at radius 1 is 1.08 bits per heavy atom. The molecule has 0 bridgehead atoms. The maximum absolute atomic E-state index is 12.9. The third kappa shape index (κ3) is 7.22. The van der Waals surface area contributed by atoms with Gasteiger partial charge in [0.15, 0.2) is 0 Å². The van der Waals surface area contributed by atoms with Crippen molar-refractivity contribution in [2.75, 3.05) is 63.1 Å². The molecule has 36 heavy (non-hydrogen) atoms. The summed E-state index contributed by atoms with van der Waals surface area (Å²) >= 11 is 0. The smallest absolute Gasteiger partial charge is 0.433 e. The standard InChI is InChI=1S/C24H31F3N6O2.CH4/c1-35-22-3-2-20(17-29-22)32-14-12-31(13-15-32)9-7-23(34)33-10-5-18(6-11-33)30-19-4-8-28-21(16-19)24(25,26)27;/h2-4,8,16-18H,5-7,9-15H2,1H3,(H,28,30);1H4. The number of hydrogen-bond acceptors (Lipinski definition) is 7. The molecule has 2 aliphatic rings. The SMILES string of the molecule is C.COc1ccc(N2CCN(CCC(=O)N3CCC(Nc4ccnc(C(F)(F)F)c4)CC3)CC2)cn1. The van der Waals surface area contributed by atoms with Crippen LogP contribution in [0.25, 0.3) is 0 Å². The lowest BCUT2D eigenvalue weighted by Gasteiger charge is -2.37. The number of piperidine rings is 1. The van der Waals surface area contributed by atoms with Crippen molar-refractivity contribution in [3.63, 3.8) is 0 Å². The number of pyridine rings is 2. The first-order chi connectivity index (χ1) is 16.8. The summed E-state index contributed by atoms with van der Waals surface area (Å²) in [5, 5.41) is 3.16. The molecule has 0 aliphatic carbocycles. The summed E-state index contributed by atoms with van der Waals surface area (Å²) in [6, 6.07) is 6.46. The maximum atomic E-state index is 12.9. The third-order valence-corrected chi connectivity index (χ3v) is 6.58. The summed E-state index contributed by atoms with van der Waals surface area (Å²) in [5.74, 6) is 0.729. The molecule has 2 saturated heterocycles. The van der Waals surface area contributed by atoms with Crippen molar-refractivity contribution in [3.8, 4) is 5.88 Å². The molecule has 4 rings (SSSR count). The van der Waals surface area contributed by atoms with Gasteiger partial charge in [0.05, 0.1) is 19.0 Å². The minimum absolute atomic E-state index is 0. The highest BCUT2D eigenvalue weighted by molar-refractivity contribution is 5.76. The second kappa shape index (κ2) is 12.2. The molecule has 0 aromatic carbocycles. The van der Waals surface area contributed by atoms with Gasteiger partial charge in [-0.1, -0.05) is 7.43 Å². The van der Waals surface area contributed by atoms with Crippen LogP contribution >= 0.6 is 0 Å². The second-order valence-corrected chi connectivity index (χ2v) is 8.86.